The normalized spacial score (nSPS) is 15.8. The standard InChI is InChI=1S/C41H79N3O3/c1-6-8-10-11-12-13-14-15-16-17-18-19-20-21-22-24-32-42-41(46)39(43-38-30-33-44(34-31-38)36(3)4)27-25-35-47-40(45)29-28-37(5)26-23-9-7-2/h15-16,36-39,43H,6-14,17-35H2,1-5H3,(H,42,46)/b16-15-. The Balaban J connectivity index is 2.26. The summed E-state index contributed by atoms with van der Waals surface area (Å²) in [6, 6.07) is 0.709. The summed E-state index contributed by atoms with van der Waals surface area (Å²) < 4.78 is 5.57. The molecule has 1 aliphatic rings. The Kier molecular flexibility index (Phi) is 28.4. The van der Waals surface area contributed by atoms with E-state index in [0.29, 0.717) is 43.9 Å². The number of rotatable bonds is 31. The van der Waals surface area contributed by atoms with Gasteiger partial charge in [0.15, 0.2) is 0 Å². The molecule has 0 bridgehead atoms. The minimum absolute atomic E-state index is 0.0951. The first-order valence-electron chi connectivity index (χ1n) is 20.5. The van der Waals surface area contributed by atoms with E-state index in [1.807, 2.05) is 0 Å². The number of carbonyl (C=O) groups excluding carboxylic acids is 2. The predicted molar refractivity (Wildman–Crippen MR) is 202 cm³/mol. The second-order valence-electron chi connectivity index (χ2n) is 14.9. The zero-order valence-corrected chi connectivity index (χ0v) is 31.9. The Morgan fingerprint density at radius 1 is 0.723 bits per heavy atom. The lowest BCUT2D eigenvalue weighted by molar-refractivity contribution is -0.144. The van der Waals surface area contributed by atoms with Gasteiger partial charge >= 0.3 is 5.97 Å². The number of carbonyl (C=O) groups is 2. The minimum Gasteiger partial charge on any atom is -0.466 e. The third kappa shape index (κ3) is 25.3. The van der Waals surface area contributed by atoms with Crippen molar-refractivity contribution in [3.8, 4) is 0 Å². The number of nitrogens with one attached hydrogen (secondary N) is 2. The summed E-state index contributed by atoms with van der Waals surface area (Å²) in [5, 5.41) is 6.91. The summed E-state index contributed by atoms with van der Waals surface area (Å²) in [6.45, 7) is 14.6. The second-order valence-corrected chi connectivity index (χ2v) is 14.9. The molecular weight excluding hydrogens is 582 g/mol. The van der Waals surface area contributed by atoms with Crippen LogP contribution in [0.15, 0.2) is 12.2 Å². The molecule has 2 N–H and O–H groups in total. The molecule has 1 heterocycles. The molecule has 1 aliphatic heterocycles. The first kappa shape index (κ1) is 43.6. The van der Waals surface area contributed by atoms with E-state index in [2.05, 4.69) is 62.3 Å². The number of piperidine rings is 1. The lowest BCUT2D eigenvalue weighted by Gasteiger charge is -2.36. The number of nitrogens with zero attached hydrogens (tertiary/aromatic N) is 1. The highest BCUT2D eigenvalue weighted by Gasteiger charge is 2.26. The highest BCUT2D eigenvalue weighted by Crippen LogP contribution is 2.17. The van der Waals surface area contributed by atoms with E-state index in [4.69, 9.17) is 4.74 Å². The zero-order valence-electron chi connectivity index (χ0n) is 31.9. The fourth-order valence-electron chi connectivity index (χ4n) is 6.66. The van der Waals surface area contributed by atoms with Gasteiger partial charge in [-0.05, 0) is 97.1 Å². The monoisotopic (exact) mass is 662 g/mol. The molecule has 276 valence electrons. The number of unbranched alkanes of at least 4 members (excludes halogenated alkanes) is 14. The highest BCUT2D eigenvalue weighted by molar-refractivity contribution is 5.81. The number of amides is 1. The van der Waals surface area contributed by atoms with Crippen LogP contribution in [0, 0.1) is 5.92 Å². The summed E-state index contributed by atoms with van der Waals surface area (Å²) in [5.74, 6) is 0.582. The van der Waals surface area contributed by atoms with E-state index in [1.165, 1.54) is 109 Å². The van der Waals surface area contributed by atoms with Gasteiger partial charge in [0.05, 0.1) is 12.6 Å². The van der Waals surface area contributed by atoms with Crippen LogP contribution in [-0.4, -0.2) is 61.1 Å². The maximum atomic E-state index is 13.3. The molecular formula is C41H79N3O3. The Hall–Kier alpha value is -1.40. The summed E-state index contributed by atoms with van der Waals surface area (Å²) >= 11 is 0. The van der Waals surface area contributed by atoms with Crippen molar-refractivity contribution in [2.24, 2.45) is 5.92 Å². The van der Waals surface area contributed by atoms with Gasteiger partial charge in [0.1, 0.15) is 0 Å². The van der Waals surface area contributed by atoms with E-state index >= 15 is 0 Å². The van der Waals surface area contributed by atoms with E-state index < -0.39 is 0 Å². The Labute approximate surface area is 292 Å². The van der Waals surface area contributed by atoms with Crippen molar-refractivity contribution >= 4 is 11.9 Å². The van der Waals surface area contributed by atoms with Crippen LogP contribution in [0.1, 0.15) is 189 Å². The number of ether oxygens (including phenoxy) is 1. The molecule has 0 aliphatic carbocycles. The number of likely N-dealkylation sites (tertiary alicyclic amines) is 1. The van der Waals surface area contributed by atoms with E-state index in [0.717, 1.165) is 45.3 Å². The molecule has 1 amide bonds. The van der Waals surface area contributed by atoms with Gasteiger partial charge in [0.2, 0.25) is 5.91 Å². The minimum atomic E-state index is -0.225. The van der Waals surface area contributed by atoms with E-state index in [9.17, 15) is 9.59 Å². The molecule has 0 aromatic rings. The van der Waals surface area contributed by atoms with Crippen LogP contribution in [-0.2, 0) is 14.3 Å². The summed E-state index contributed by atoms with van der Waals surface area (Å²) in [6.07, 6.45) is 32.7. The second kappa shape index (κ2) is 30.6. The van der Waals surface area contributed by atoms with Crippen LogP contribution in [0.5, 0.6) is 0 Å². The maximum absolute atomic E-state index is 13.3. The lowest BCUT2D eigenvalue weighted by Crippen LogP contribution is -2.52. The fraction of sp³-hybridized carbons (Fsp3) is 0.902. The smallest absolute Gasteiger partial charge is 0.305 e. The molecule has 0 aromatic heterocycles. The molecule has 0 spiro atoms. The highest BCUT2D eigenvalue weighted by atomic mass is 16.5. The predicted octanol–water partition coefficient (Wildman–Crippen LogP) is 10.3. The number of hydrogen-bond donors (Lipinski definition) is 2. The summed E-state index contributed by atoms with van der Waals surface area (Å²) in [4.78, 5) is 28.1. The Bertz CT molecular complexity index is 763. The molecule has 0 aromatic carbocycles. The van der Waals surface area contributed by atoms with Crippen molar-refractivity contribution in [2.45, 2.75) is 207 Å². The van der Waals surface area contributed by atoms with E-state index in [1.54, 1.807) is 0 Å². The number of hydrogen-bond acceptors (Lipinski definition) is 5. The quantitative estimate of drug-likeness (QED) is 0.0440. The van der Waals surface area contributed by atoms with Gasteiger partial charge in [0, 0.05) is 25.0 Å². The van der Waals surface area contributed by atoms with Crippen molar-refractivity contribution in [2.75, 3.05) is 26.2 Å². The first-order chi connectivity index (χ1) is 22.9. The van der Waals surface area contributed by atoms with Crippen molar-refractivity contribution in [3.05, 3.63) is 12.2 Å². The van der Waals surface area contributed by atoms with Gasteiger partial charge in [-0.1, -0.05) is 116 Å². The molecule has 1 rings (SSSR count). The topological polar surface area (TPSA) is 70.7 Å². The largest absolute Gasteiger partial charge is 0.466 e. The first-order valence-corrected chi connectivity index (χ1v) is 20.5. The summed E-state index contributed by atoms with van der Waals surface area (Å²) in [5.41, 5.74) is 0. The molecule has 2 atom stereocenters. The molecule has 6 heteroatoms. The van der Waals surface area contributed by atoms with Gasteiger partial charge in [-0.15, -0.1) is 0 Å². The van der Waals surface area contributed by atoms with Crippen LogP contribution in [0.3, 0.4) is 0 Å². The Morgan fingerprint density at radius 3 is 1.91 bits per heavy atom. The molecule has 1 fully saturated rings. The number of esters is 1. The third-order valence-electron chi connectivity index (χ3n) is 10.0. The van der Waals surface area contributed by atoms with E-state index in [-0.39, 0.29) is 17.9 Å². The van der Waals surface area contributed by atoms with Crippen LogP contribution in [0.4, 0.5) is 0 Å². The number of allylic oxidation sites excluding steroid dienone is 2. The Morgan fingerprint density at radius 2 is 1.30 bits per heavy atom. The van der Waals surface area contributed by atoms with Crippen LogP contribution in [0.25, 0.3) is 0 Å². The van der Waals surface area contributed by atoms with Gasteiger partial charge in [-0.25, -0.2) is 0 Å². The lowest BCUT2D eigenvalue weighted by atomic mass is 9.98. The van der Waals surface area contributed by atoms with Crippen molar-refractivity contribution in [3.63, 3.8) is 0 Å². The molecule has 47 heavy (non-hydrogen) atoms. The fourth-order valence-corrected chi connectivity index (χ4v) is 6.66. The zero-order chi connectivity index (χ0) is 34.4. The molecule has 6 nitrogen and oxygen atoms in total. The van der Waals surface area contributed by atoms with Gasteiger partial charge < -0.3 is 20.3 Å². The van der Waals surface area contributed by atoms with Gasteiger partial charge in [-0.3, -0.25) is 9.59 Å². The van der Waals surface area contributed by atoms with Gasteiger partial charge in [-0.2, -0.15) is 0 Å². The third-order valence-corrected chi connectivity index (χ3v) is 10.0. The van der Waals surface area contributed by atoms with Crippen LogP contribution < -0.4 is 10.6 Å². The SMILES string of the molecule is CCCCCCCC/C=C\CCCCCCCCNC(=O)C(CCCOC(=O)CCC(C)CCCCC)NC1CCN(C(C)C)CC1. The van der Waals surface area contributed by atoms with Crippen molar-refractivity contribution in [1.29, 1.82) is 0 Å². The average molecular weight is 662 g/mol. The molecule has 0 saturated carbocycles. The average Bonchev–Trinajstić information content (AvgIpc) is 3.06. The van der Waals surface area contributed by atoms with Gasteiger partial charge in [0.25, 0.3) is 0 Å². The van der Waals surface area contributed by atoms with Crippen molar-refractivity contribution in [1.82, 2.24) is 15.5 Å². The van der Waals surface area contributed by atoms with Crippen molar-refractivity contribution < 1.29 is 14.3 Å². The maximum Gasteiger partial charge on any atom is 0.305 e. The molecule has 2 unspecified atom stereocenters. The summed E-state index contributed by atoms with van der Waals surface area (Å²) in [7, 11) is 0. The molecule has 0 radical (unpaired) electrons. The molecule has 1 saturated heterocycles. The van der Waals surface area contributed by atoms with Crippen LogP contribution >= 0.6 is 0 Å². The van der Waals surface area contributed by atoms with Crippen LogP contribution in [0.2, 0.25) is 0 Å².